The molecule has 17 heteroatoms. The maximum absolute atomic E-state index is 14.9. The molecular formula is C42H49B2ClF2N4O8. The average Bonchev–Trinajstić information content (AvgIpc) is 3.77. The van der Waals surface area contributed by atoms with E-state index < -0.39 is 68.1 Å². The van der Waals surface area contributed by atoms with E-state index in [0.29, 0.717) is 16.6 Å². The van der Waals surface area contributed by atoms with E-state index in [-0.39, 0.29) is 68.7 Å². The fraction of sp³-hybridized carbons (Fsp3) is 0.333. The molecule has 12 nitrogen and oxygen atoms in total. The van der Waals surface area contributed by atoms with Gasteiger partial charge in [0, 0.05) is 36.0 Å². The van der Waals surface area contributed by atoms with Crippen molar-refractivity contribution in [3.63, 3.8) is 0 Å². The van der Waals surface area contributed by atoms with Crippen molar-refractivity contribution in [3.8, 4) is 0 Å². The van der Waals surface area contributed by atoms with Gasteiger partial charge in [-0.2, -0.15) is 0 Å². The smallest absolute Gasteiger partial charge is 0.423 e. The molecule has 0 spiro atoms. The summed E-state index contributed by atoms with van der Waals surface area (Å²) >= 11 is 5.27. The molecule has 0 aromatic heterocycles. The van der Waals surface area contributed by atoms with Gasteiger partial charge in [-0.3, -0.25) is 30.0 Å². The molecule has 5 N–H and O–H groups in total. The molecule has 2 aliphatic rings. The number of halogens is 3. The topological polar surface area (TPSA) is 167 Å². The van der Waals surface area contributed by atoms with Crippen LogP contribution in [0.2, 0.25) is 0 Å². The molecule has 0 saturated heterocycles. The number of aryl methyl sites for hydroxylation is 4. The molecule has 0 bridgehead atoms. The van der Waals surface area contributed by atoms with Gasteiger partial charge in [0.2, 0.25) is 0 Å². The van der Waals surface area contributed by atoms with Crippen LogP contribution in [0.1, 0.15) is 125 Å². The first-order valence-corrected chi connectivity index (χ1v) is 18.6. The van der Waals surface area contributed by atoms with Gasteiger partial charge in [-0.25, -0.2) is 19.2 Å². The van der Waals surface area contributed by atoms with Crippen molar-refractivity contribution in [2.45, 2.75) is 93.4 Å². The monoisotopic (exact) mass is 838 g/mol. The highest BCUT2D eigenvalue weighted by atomic mass is 35.5. The number of benzene rings is 4. The van der Waals surface area contributed by atoms with Gasteiger partial charge in [0.25, 0.3) is 23.0 Å². The lowest BCUT2D eigenvalue weighted by Gasteiger charge is -2.35. The molecule has 59 heavy (non-hydrogen) atoms. The summed E-state index contributed by atoms with van der Waals surface area (Å²) in [5.74, 6) is -3.55. The Hall–Kier alpha value is -4.96. The Morgan fingerprint density at radius 1 is 0.729 bits per heavy atom. The molecule has 0 atom stereocenters. The molecule has 2 aliphatic heterocycles. The second-order valence-electron chi connectivity index (χ2n) is 15.8. The van der Waals surface area contributed by atoms with Crippen LogP contribution in [0.3, 0.4) is 0 Å². The Bertz CT molecular complexity index is 2490. The van der Waals surface area contributed by atoms with Crippen LogP contribution in [0.25, 0.3) is 0 Å². The summed E-state index contributed by atoms with van der Waals surface area (Å²) in [5, 5.41) is 19.6. The van der Waals surface area contributed by atoms with Crippen molar-refractivity contribution in [1.82, 2.24) is 21.3 Å². The predicted molar refractivity (Wildman–Crippen MR) is 223 cm³/mol. The number of hydrazine groups is 2. The molecule has 4 aromatic carbocycles. The highest BCUT2D eigenvalue weighted by Gasteiger charge is 2.35. The average molecular weight is 839 g/mol. The van der Waals surface area contributed by atoms with Crippen molar-refractivity contribution in [2.24, 2.45) is 0 Å². The Kier molecular flexibility index (Phi) is 12.3. The highest BCUT2D eigenvalue weighted by Crippen LogP contribution is 2.22. The summed E-state index contributed by atoms with van der Waals surface area (Å²) in [6, 6.07) is 14.1. The van der Waals surface area contributed by atoms with E-state index in [0.717, 1.165) is 5.01 Å². The van der Waals surface area contributed by atoms with Crippen LogP contribution in [0.5, 0.6) is 0 Å². The SMILES string of the molecule is CC(C)(C)NNC(=O)c1ccc2c(c1F)COB2O.[2H]C([2H])([2H])c1cc(C)cc(C(=O)Cl)c1.[2H]C([2H])([2H])c1cc(C)cc(C(=O)N(NC(=O)c2ccc3c(c2F)COB3O)C(C)(C)C)c1. The van der Waals surface area contributed by atoms with E-state index in [4.69, 9.17) is 29.1 Å². The summed E-state index contributed by atoms with van der Waals surface area (Å²) in [6.07, 6.45) is 0. The van der Waals surface area contributed by atoms with Gasteiger partial charge in [-0.15, -0.1) is 0 Å². The first kappa shape index (κ1) is 38.3. The lowest BCUT2D eigenvalue weighted by Crippen LogP contribution is -2.56. The summed E-state index contributed by atoms with van der Waals surface area (Å²) in [4.78, 5) is 48.9. The Morgan fingerprint density at radius 3 is 1.61 bits per heavy atom. The molecule has 0 fully saturated rings. The van der Waals surface area contributed by atoms with Gasteiger partial charge in [0.1, 0.15) is 11.6 Å². The standard InChI is InChI=1S/C21H24BFN2O4.C12H16BFN2O3.C9H9ClO/c1-12-8-13(2)10-14(9-12)20(27)25(21(3,4)5)24-19(26)15-6-7-17-16(18(15)23)11-29-22(17)28;1-12(2,3)16-15-11(17)7-4-5-9-8(10(7)14)6-19-13(9)18;1-6-3-7(2)5-8(4-6)9(10)11/h6-10,28H,11H2,1-5H3,(H,24,26);4-5,16,18H,6H2,1-3H3,(H,15,17);3-5H,1-2H3/i1D3;;1D3. The molecule has 0 unspecified atom stereocenters. The van der Waals surface area contributed by atoms with E-state index in [9.17, 15) is 38.0 Å². The normalized spacial score (nSPS) is 14.9. The number of rotatable bonds is 5. The number of amides is 3. The predicted octanol–water partition coefficient (Wildman–Crippen LogP) is 5.00. The highest BCUT2D eigenvalue weighted by molar-refractivity contribution is 6.67. The Balaban J connectivity index is 0.000000237. The van der Waals surface area contributed by atoms with Crippen LogP contribution in [0.4, 0.5) is 8.78 Å². The summed E-state index contributed by atoms with van der Waals surface area (Å²) in [6.45, 7) is 9.22. The van der Waals surface area contributed by atoms with Crippen molar-refractivity contribution in [3.05, 3.63) is 128 Å². The number of fused-ring (bicyclic) bond motifs is 2. The molecule has 2 heterocycles. The lowest BCUT2D eigenvalue weighted by atomic mass is 9.79. The van der Waals surface area contributed by atoms with Crippen LogP contribution in [-0.2, 0) is 22.5 Å². The van der Waals surface area contributed by atoms with Gasteiger partial charge < -0.3 is 19.4 Å². The summed E-state index contributed by atoms with van der Waals surface area (Å²) in [7, 11) is -2.37. The van der Waals surface area contributed by atoms with Gasteiger partial charge in [0.15, 0.2) is 0 Å². The van der Waals surface area contributed by atoms with Crippen LogP contribution in [0.15, 0.2) is 60.7 Å². The van der Waals surface area contributed by atoms with Gasteiger partial charge in [0.05, 0.1) is 29.9 Å². The van der Waals surface area contributed by atoms with E-state index in [1.165, 1.54) is 54.6 Å². The Morgan fingerprint density at radius 2 is 1.17 bits per heavy atom. The molecule has 4 aromatic rings. The third-order valence-electron chi connectivity index (χ3n) is 8.62. The number of nitrogens with zero attached hydrogens (tertiary/aromatic N) is 1. The van der Waals surface area contributed by atoms with Crippen molar-refractivity contribution in [1.29, 1.82) is 0 Å². The molecular weight excluding hydrogens is 784 g/mol. The third kappa shape index (κ3) is 12.1. The Labute approximate surface area is 357 Å². The van der Waals surface area contributed by atoms with Crippen molar-refractivity contribution < 1.29 is 55.5 Å². The van der Waals surface area contributed by atoms with Crippen LogP contribution >= 0.6 is 11.6 Å². The zero-order valence-corrected chi connectivity index (χ0v) is 34.5. The summed E-state index contributed by atoms with van der Waals surface area (Å²) in [5.41, 5.74) is 8.73. The van der Waals surface area contributed by atoms with Crippen LogP contribution < -0.4 is 27.2 Å². The van der Waals surface area contributed by atoms with Crippen LogP contribution in [-0.4, -0.2) is 63.3 Å². The largest absolute Gasteiger partial charge is 0.491 e. The minimum Gasteiger partial charge on any atom is -0.423 e. The van der Waals surface area contributed by atoms with Crippen LogP contribution in [0, 0.1) is 39.2 Å². The van der Waals surface area contributed by atoms with E-state index in [1.54, 1.807) is 40.7 Å². The number of carbonyl (C=O) groups is 4. The molecule has 0 aliphatic carbocycles. The van der Waals surface area contributed by atoms with Gasteiger partial charge >= 0.3 is 14.2 Å². The third-order valence-corrected chi connectivity index (χ3v) is 8.84. The number of carbonyl (C=O) groups excluding carboxylic acids is 4. The maximum atomic E-state index is 14.9. The fourth-order valence-electron chi connectivity index (χ4n) is 5.81. The van der Waals surface area contributed by atoms with E-state index in [2.05, 4.69) is 16.3 Å². The minimum atomic E-state index is -2.41. The molecule has 3 amide bonds. The number of hydrogen-bond acceptors (Lipinski definition) is 9. The van der Waals surface area contributed by atoms with E-state index in [1.807, 2.05) is 20.8 Å². The van der Waals surface area contributed by atoms with Gasteiger partial charge in [-0.1, -0.05) is 46.5 Å². The first-order valence-electron chi connectivity index (χ1n) is 21.2. The van der Waals surface area contributed by atoms with Gasteiger partial charge in [-0.05, 0) is 128 Å². The zero-order chi connectivity index (χ0) is 49.1. The number of nitrogens with one attached hydrogen (secondary N) is 3. The molecule has 6 rings (SSSR count). The first-order chi connectivity index (χ1) is 29.8. The maximum Gasteiger partial charge on any atom is 0.491 e. The lowest BCUT2D eigenvalue weighted by molar-refractivity contribution is 0.0356. The van der Waals surface area contributed by atoms with Crippen molar-refractivity contribution in [2.75, 3.05) is 0 Å². The second-order valence-corrected chi connectivity index (χ2v) is 16.2. The molecule has 0 saturated carbocycles. The molecule has 312 valence electrons. The zero-order valence-electron chi connectivity index (χ0n) is 39.8. The quantitative estimate of drug-likeness (QED) is 0.106. The molecule has 0 radical (unpaired) electrons. The number of hydrogen-bond donors (Lipinski definition) is 5. The minimum absolute atomic E-state index is 0.00394. The van der Waals surface area contributed by atoms with Crippen molar-refractivity contribution >= 4 is 59.7 Å². The summed E-state index contributed by atoms with van der Waals surface area (Å²) < 4.78 is 83.4. The van der Waals surface area contributed by atoms with E-state index >= 15 is 0 Å². The fourth-order valence-corrected chi connectivity index (χ4v) is 5.92. The second kappa shape index (κ2) is 19.0.